The molecule has 14 heteroatoms. The maximum Gasteiger partial charge on any atom is 1.00 e. The van der Waals surface area contributed by atoms with Gasteiger partial charge in [0.05, 0.1) is 26.5 Å². The van der Waals surface area contributed by atoms with E-state index in [0.29, 0.717) is 19.3 Å². The standard InChI is InChI=1S/C20H32O10S2.2Na/c21-11-30-17-8-6-15(10-19(17)32(27,28)29)13-3-1-12(2-4-13)14-5-7-16(20(22)23)18(9-14)31(24,25)26;;/h11-19H,1-10H2,(H,22,23)(H,24,25,26)(H,27,28,29);;/q;2*+1/p-2. The molecule has 3 fully saturated rings. The fourth-order valence-corrected chi connectivity index (χ4v) is 8.56. The van der Waals surface area contributed by atoms with Gasteiger partial charge in [-0.05, 0) is 87.9 Å². The van der Waals surface area contributed by atoms with E-state index in [0.717, 1.165) is 25.7 Å². The Hall–Kier alpha value is 0.760. The van der Waals surface area contributed by atoms with Crippen molar-refractivity contribution in [1.29, 1.82) is 0 Å². The molecule has 0 saturated heterocycles. The zero-order valence-corrected chi connectivity index (χ0v) is 25.3. The topological polar surface area (TPSA) is 178 Å². The molecule has 1 N–H and O–H groups in total. The smallest absolute Gasteiger partial charge is 0.748 e. The molecule has 0 amide bonds. The first-order chi connectivity index (χ1) is 14.9. The number of carboxylic acid groups (broad SMARTS) is 1. The Labute approximate surface area is 245 Å². The van der Waals surface area contributed by atoms with Crippen LogP contribution in [0.4, 0.5) is 0 Å². The van der Waals surface area contributed by atoms with Crippen LogP contribution in [0.2, 0.25) is 0 Å². The molecular weight excluding hydrogens is 510 g/mol. The van der Waals surface area contributed by atoms with Gasteiger partial charge in [0.25, 0.3) is 6.47 Å². The molecule has 6 unspecified atom stereocenters. The predicted molar refractivity (Wildman–Crippen MR) is 109 cm³/mol. The molecule has 0 radical (unpaired) electrons. The summed E-state index contributed by atoms with van der Waals surface area (Å²) in [5.41, 5.74) is 0. The minimum Gasteiger partial charge on any atom is -0.748 e. The summed E-state index contributed by atoms with van der Waals surface area (Å²) in [7, 11) is -9.30. The van der Waals surface area contributed by atoms with Gasteiger partial charge in [-0.2, -0.15) is 0 Å². The first-order valence-corrected chi connectivity index (χ1v) is 14.1. The van der Waals surface area contributed by atoms with Crippen LogP contribution >= 0.6 is 0 Å². The normalized spacial score (nSPS) is 36.9. The molecule has 3 aliphatic rings. The van der Waals surface area contributed by atoms with Crippen LogP contribution in [-0.4, -0.2) is 60.1 Å². The molecule has 184 valence electrons. The quantitative estimate of drug-likeness (QED) is 0.188. The fourth-order valence-electron chi connectivity index (χ4n) is 6.37. The van der Waals surface area contributed by atoms with Crippen LogP contribution in [0.3, 0.4) is 0 Å². The largest absolute Gasteiger partial charge is 1.00 e. The summed E-state index contributed by atoms with van der Waals surface area (Å²) in [6, 6.07) is 0. The van der Waals surface area contributed by atoms with Crippen LogP contribution in [0.25, 0.3) is 0 Å². The molecule has 0 aliphatic heterocycles. The van der Waals surface area contributed by atoms with Crippen LogP contribution in [0, 0.1) is 29.6 Å². The Morgan fingerprint density at radius 1 is 0.735 bits per heavy atom. The Morgan fingerprint density at radius 2 is 1.15 bits per heavy atom. The van der Waals surface area contributed by atoms with Crippen molar-refractivity contribution in [3.63, 3.8) is 0 Å². The summed E-state index contributed by atoms with van der Waals surface area (Å²) in [5.74, 6) is -1.96. The minimum absolute atomic E-state index is 0. The molecule has 0 aromatic carbocycles. The van der Waals surface area contributed by atoms with E-state index < -0.39 is 48.7 Å². The van der Waals surface area contributed by atoms with Crippen LogP contribution < -0.4 is 59.1 Å². The summed E-state index contributed by atoms with van der Waals surface area (Å²) in [6.45, 7) is 0.183. The Morgan fingerprint density at radius 3 is 1.56 bits per heavy atom. The Kier molecular flexibility index (Phi) is 13.0. The summed E-state index contributed by atoms with van der Waals surface area (Å²) in [5, 5.41) is 6.65. The number of ether oxygens (including phenoxy) is 1. The Bertz CT molecular complexity index is 902. The van der Waals surface area contributed by atoms with Crippen molar-refractivity contribution in [2.24, 2.45) is 29.6 Å². The van der Waals surface area contributed by atoms with Gasteiger partial charge < -0.3 is 18.9 Å². The van der Waals surface area contributed by atoms with E-state index >= 15 is 0 Å². The van der Waals surface area contributed by atoms with Crippen molar-refractivity contribution in [2.45, 2.75) is 80.8 Å². The van der Waals surface area contributed by atoms with Crippen LogP contribution in [0.1, 0.15) is 64.2 Å². The van der Waals surface area contributed by atoms with Gasteiger partial charge in [0.1, 0.15) is 16.2 Å². The summed E-state index contributed by atoms with van der Waals surface area (Å²) >= 11 is 0. The van der Waals surface area contributed by atoms with E-state index in [1.807, 2.05) is 0 Å². The molecule has 10 nitrogen and oxygen atoms in total. The van der Waals surface area contributed by atoms with E-state index in [-0.39, 0.29) is 109 Å². The van der Waals surface area contributed by atoms with Gasteiger partial charge in [0.15, 0.2) is 0 Å². The third-order valence-electron chi connectivity index (χ3n) is 8.04. The molecule has 3 aliphatic carbocycles. The van der Waals surface area contributed by atoms with Crippen molar-refractivity contribution in [1.82, 2.24) is 0 Å². The molecule has 6 atom stereocenters. The zero-order chi connectivity index (χ0) is 23.7. The molecule has 0 heterocycles. The third-order valence-corrected chi connectivity index (χ3v) is 10.5. The van der Waals surface area contributed by atoms with Gasteiger partial charge in [-0.25, -0.2) is 16.8 Å². The Balaban J connectivity index is 0.00000289. The van der Waals surface area contributed by atoms with Crippen molar-refractivity contribution >= 4 is 32.7 Å². The van der Waals surface area contributed by atoms with E-state index in [1.165, 1.54) is 0 Å². The SMILES string of the molecule is O=COC1CCC(C2CCC(C3CCC(C(=O)O)C(S(=O)(=O)[O-])C3)CC2)CC1S(=O)(=O)[O-].[Na+].[Na+]. The van der Waals surface area contributed by atoms with E-state index in [9.17, 15) is 40.6 Å². The maximum absolute atomic E-state index is 11.7. The molecule has 3 rings (SSSR count). The monoisotopic (exact) mass is 540 g/mol. The molecule has 0 aromatic heterocycles. The van der Waals surface area contributed by atoms with Crippen LogP contribution in [0.5, 0.6) is 0 Å². The van der Waals surface area contributed by atoms with Crippen LogP contribution in [0.15, 0.2) is 0 Å². The molecule has 0 bridgehead atoms. The number of aliphatic carboxylic acids is 1. The number of carbonyl (C=O) groups is 2. The van der Waals surface area contributed by atoms with E-state index in [4.69, 9.17) is 4.74 Å². The van der Waals surface area contributed by atoms with Crippen LogP contribution in [-0.2, 0) is 34.6 Å². The molecule has 34 heavy (non-hydrogen) atoms. The van der Waals surface area contributed by atoms with Gasteiger partial charge in [-0.3, -0.25) is 9.59 Å². The zero-order valence-electron chi connectivity index (χ0n) is 19.7. The van der Waals surface area contributed by atoms with Gasteiger partial charge in [0, 0.05) is 0 Å². The number of carbonyl (C=O) groups excluding carboxylic acids is 1. The molecular formula is C20H30Na2O10S2. The molecule has 3 saturated carbocycles. The number of hydrogen-bond acceptors (Lipinski definition) is 9. The third kappa shape index (κ3) is 8.13. The first kappa shape index (κ1) is 32.8. The van der Waals surface area contributed by atoms with Crippen molar-refractivity contribution < 1.29 is 104 Å². The minimum atomic E-state index is -4.70. The number of hydrogen-bond donors (Lipinski definition) is 1. The maximum atomic E-state index is 11.7. The van der Waals surface area contributed by atoms with Gasteiger partial charge >= 0.3 is 65.1 Å². The second-order valence-corrected chi connectivity index (χ2v) is 12.8. The van der Waals surface area contributed by atoms with Gasteiger partial charge in [0.2, 0.25) is 0 Å². The average Bonchev–Trinajstić information content (AvgIpc) is 2.72. The summed E-state index contributed by atoms with van der Waals surface area (Å²) in [6.07, 6.45) is 4.26. The second kappa shape index (κ2) is 13.5. The fraction of sp³-hybridized carbons (Fsp3) is 0.900. The average molecular weight is 541 g/mol. The number of carboxylic acids is 1. The molecule has 0 spiro atoms. The van der Waals surface area contributed by atoms with Crippen molar-refractivity contribution in [2.75, 3.05) is 0 Å². The van der Waals surface area contributed by atoms with Gasteiger partial charge in [-0.15, -0.1) is 0 Å². The van der Waals surface area contributed by atoms with Gasteiger partial charge in [-0.1, -0.05) is 0 Å². The predicted octanol–water partition coefficient (Wildman–Crippen LogP) is -4.53. The van der Waals surface area contributed by atoms with Crippen molar-refractivity contribution in [3.05, 3.63) is 0 Å². The second-order valence-electron chi connectivity index (χ2n) is 9.60. The van der Waals surface area contributed by atoms with Crippen molar-refractivity contribution in [3.8, 4) is 0 Å². The summed E-state index contributed by atoms with van der Waals surface area (Å²) in [4.78, 5) is 22.0. The first-order valence-electron chi connectivity index (χ1n) is 11.1. The van der Waals surface area contributed by atoms with E-state index in [2.05, 4.69) is 0 Å². The molecule has 0 aromatic rings. The van der Waals surface area contributed by atoms with E-state index in [1.54, 1.807) is 0 Å². The summed E-state index contributed by atoms with van der Waals surface area (Å²) < 4.78 is 74.8. The number of rotatable bonds is 7.